The molecule has 1 aliphatic rings. The summed E-state index contributed by atoms with van der Waals surface area (Å²) in [6.07, 6.45) is 4.31. The lowest BCUT2D eigenvalue weighted by atomic mass is 10.1. The van der Waals surface area contributed by atoms with Crippen molar-refractivity contribution in [1.29, 1.82) is 0 Å². The Bertz CT molecular complexity index is 488. The Morgan fingerprint density at radius 3 is 2.89 bits per heavy atom. The molecule has 0 bridgehead atoms. The molecule has 0 aromatic heterocycles. The Labute approximate surface area is 111 Å². The molecule has 1 aliphatic carbocycles. The molecule has 0 spiro atoms. The molecule has 3 N–H and O–H groups in total. The number of carbonyl (C=O) groups excluding carboxylic acids is 1. The van der Waals surface area contributed by atoms with Gasteiger partial charge in [0.25, 0.3) is 0 Å². The molecular weight excluding hydrogens is 252 g/mol. The van der Waals surface area contributed by atoms with E-state index in [9.17, 15) is 4.79 Å². The van der Waals surface area contributed by atoms with Crippen molar-refractivity contribution in [1.82, 2.24) is 0 Å². The quantitative estimate of drug-likeness (QED) is 0.825. The summed E-state index contributed by atoms with van der Waals surface area (Å²) in [5, 5.41) is 3.36. The van der Waals surface area contributed by atoms with E-state index in [1.807, 2.05) is 12.2 Å². The van der Waals surface area contributed by atoms with E-state index in [1.165, 1.54) is 0 Å². The largest absolute Gasteiger partial charge is 0.495 e. The Morgan fingerprint density at radius 1 is 1.50 bits per heavy atom. The average molecular weight is 267 g/mol. The third-order valence-corrected chi connectivity index (χ3v) is 3.11. The van der Waals surface area contributed by atoms with Crippen LogP contribution >= 0.6 is 11.6 Å². The third-order valence-electron chi connectivity index (χ3n) is 2.87. The van der Waals surface area contributed by atoms with Gasteiger partial charge >= 0.3 is 0 Å². The standard InChI is InChI=1S/C13H15ClN2O2/c1-18-12-5-3-9(14)7-11(12)16-13(17)8-2-4-10(15)6-8/h2-5,7-8,10H,6,15H2,1H3,(H,16,17). The molecule has 18 heavy (non-hydrogen) atoms. The lowest BCUT2D eigenvalue weighted by molar-refractivity contribution is -0.118. The first-order valence-corrected chi connectivity index (χ1v) is 6.06. The van der Waals surface area contributed by atoms with E-state index in [0.717, 1.165) is 0 Å². The van der Waals surface area contributed by atoms with Gasteiger partial charge in [0.2, 0.25) is 5.91 Å². The summed E-state index contributed by atoms with van der Waals surface area (Å²) in [6, 6.07) is 5.05. The molecule has 1 aromatic carbocycles. The number of anilines is 1. The van der Waals surface area contributed by atoms with Gasteiger partial charge in [-0.05, 0) is 24.6 Å². The highest BCUT2D eigenvalue weighted by molar-refractivity contribution is 6.31. The van der Waals surface area contributed by atoms with Crippen molar-refractivity contribution in [3.05, 3.63) is 35.4 Å². The smallest absolute Gasteiger partial charge is 0.231 e. The summed E-state index contributed by atoms with van der Waals surface area (Å²) in [6.45, 7) is 0. The zero-order valence-corrected chi connectivity index (χ0v) is 10.8. The number of nitrogens with one attached hydrogen (secondary N) is 1. The zero-order valence-electron chi connectivity index (χ0n) is 10.0. The van der Waals surface area contributed by atoms with Crippen LogP contribution in [0.2, 0.25) is 5.02 Å². The van der Waals surface area contributed by atoms with Crippen molar-refractivity contribution in [3.8, 4) is 5.75 Å². The van der Waals surface area contributed by atoms with Crippen LogP contribution in [0.15, 0.2) is 30.4 Å². The number of halogens is 1. The molecule has 0 aliphatic heterocycles. The van der Waals surface area contributed by atoms with E-state index in [2.05, 4.69) is 5.32 Å². The predicted octanol–water partition coefficient (Wildman–Crippen LogP) is 2.19. The van der Waals surface area contributed by atoms with Crippen LogP contribution in [0.3, 0.4) is 0 Å². The second-order valence-corrected chi connectivity index (χ2v) is 4.66. The van der Waals surface area contributed by atoms with Gasteiger partial charge in [-0.2, -0.15) is 0 Å². The number of methoxy groups -OCH3 is 1. The maximum atomic E-state index is 12.0. The van der Waals surface area contributed by atoms with Crippen molar-refractivity contribution in [2.45, 2.75) is 12.5 Å². The van der Waals surface area contributed by atoms with Crippen molar-refractivity contribution in [2.24, 2.45) is 11.7 Å². The molecular formula is C13H15ClN2O2. The minimum absolute atomic E-state index is 0.0398. The minimum atomic E-state index is -0.191. The fourth-order valence-corrected chi connectivity index (χ4v) is 2.10. The van der Waals surface area contributed by atoms with Crippen LogP contribution in [0.25, 0.3) is 0 Å². The van der Waals surface area contributed by atoms with Gasteiger partial charge in [-0.25, -0.2) is 0 Å². The molecule has 96 valence electrons. The molecule has 4 nitrogen and oxygen atoms in total. The van der Waals surface area contributed by atoms with Crippen molar-refractivity contribution in [2.75, 3.05) is 12.4 Å². The Kier molecular flexibility index (Phi) is 3.89. The molecule has 5 heteroatoms. The van der Waals surface area contributed by atoms with Gasteiger partial charge in [0.15, 0.2) is 0 Å². The third kappa shape index (κ3) is 2.83. The zero-order chi connectivity index (χ0) is 13.1. The van der Waals surface area contributed by atoms with Crippen LogP contribution in [-0.2, 0) is 4.79 Å². The normalized spacial score (nSPS) is 21.9. The van der Waals surface area contributed by atoms with Crippen LogP contribution in [0.4, 0.5) is 5.69 Å². The summed E-state index contributed by atoms with van der Waals surface area (Å²) < 4.78 is 5.17. The first-order chi connectivity index (χ1) is 8.60. The number of ether oxygens (including phenoxy) is 1. The first kappa shape index (κ1) is 12.9. The van der Waals surface area contributed by atoms with E-state index < -0.39 is 0 Å². The van der Waals surface area contributed by atoms with E-state index in [0.29, 0.717) is 22.9 Å². The van der Waals surface area contributed by atoms with E-state index in [1.54, 1.807) is 25.3 Å². The Balaban J connectivity index is 2.11. The van der Waals surface area contributed by atoms with Crippen molar-refractivity contribution in [3.63, 3.8) is 0 Å². The minimum Gasteiger partial charge on any atom is -0.495 e. The molecule has 0 fully saturated rings. The summed E-state index contributed by atoms with van der Waals surface area (Å²) in [4.78, 5) is 12.0. The van der Waals surface area contributed by atoms with Crippen LogP contribution in [0, 0.1) is 5.92 Å². The van der Waals surface area contributed by atoms with Gasteiger partial charge < -0.3 is 15.8 Å². The molecule has 2 rings (SSSR count). The molecule has 0 heterocycles. The predicted molar refractivity (Wildman–Crippen MR) is 71.9 cm³/mol. The highest BCUT2D eigenvalue weighted by Gasteiger charge is 2.23. The van der Waals surface area contributed by atoms with Crippen molar-refractivity contribution >= 4 is 23.2 Å². The molecule has 1 aromatic rings. The highest BCUT2D eigenvalue weighted by atomic mass is 35.5. The summed E-state index contributed by atoms with van der Waals surface area (Å²) in [5.41, 5.74) is 6.30. The van der Waals surface area contributed by atoms with Gasteiger partial charge in [-0.15, -0.1) is 0 Å². The number of hydrogen-bond acceptors (Lipinski definition) is 3. The van der Waals surface area contributed by atoms with Crippen molar-refractivity contribution < 1.29 is 9.53 Å². The average Bonchev–Trinajstić information content (AvgIpc) is 2.76. The highest BCUT2D eigenvalue weighted by Crippen LogP contribution is 2.29. The molecule has 0 saturated heterocycles. The number of nitrogens with two attached hydrogens (primary N) is 1. The van der Waals surface area contributed by atoms with Gasteiger partial charge in [0, 0.05) is 11.1 Å². The monoisotopic (exact) mass is 266 g/mol. The van der Waals surface area contributed by atoms with E-state index in [4.69, 9.17) is 22.1 Å². The van der Waals surface area contributed by atoms with Gasteiger partial charge in [0.1, 0.15) is 5.75 Å². The maximum absolute atomic E-state index is 12.0. The molecule has 1 amide bonds. The van der Waals surface area contributed by atoms with Crippen LogP contribution in [-0.4, -0.2) is 19.1 Å². The first-order valence-electron chi connectivity index (χ1n) is 5.68. The fourth-order valence-electron chi connectivity index (χ4n) is 1.92. The SMILES string of the molecule is COc1ccc(Cl)cc1NC(=O)C1C=CC(N)C1. The van der Waals surface area contributed by atoms with Gasteiger partial charge in [-0.3, -0.25) is 4.79 Å². The number of rotatable bonds is 3. The topological polar surface area (TPSA) is 64.3 Å². The second kappa shape index (κ2) is 5.42. The number of amides is 1. The Hall–Kier alpha value is -1.52. The molecule has 2 unspecified atom stereocenters. The second-order valence-electron chi connectivity index (χ2n) is 4.22. The van der Waals surface area contributed by atoms with Gasteiger partial charge in [-0.1, -0.05) is 23.8 Å². The fraction of sp³-hybridized carbons (Fsp3) is 0.308. The summed E-state index contributed by atoms with van der Waals surface area (Å²) in [5.74, 6) is 0.294. The van der Waals surface area contributed by atoms with Crippen LogP contribution in [0.5, 0.6) is 5.75 Å². The number of hydrogen-bond donors (Lipinski definition) is 2. The van der Waals surface area contributed by atoms with E-state index in [-0.39, 0.29) is 17.9 Å². The maximum Gasteiger partial charge on any atom is 0.231 e. The lowest BCUT2D eigenvalue weighted by Gasteiger charge is -2.13. The molecule has 0 saturated carbocycles. The van der Waals surface area contributed by atoms with Crippen LogP contribution in [0.1, 0.15) is 6.42 Å². The van der Waals surface area contributed by atoms with E-state index >= 15 is 0 Å². The van der Waals surface area contributed by atoms with Crippen LogP contribution < -0.4 is 15.8 Å². The summed E-state index contributed by atoms with van der Waals surface area (Å²) >= 11 is 5.90. The molecule has 0 radical (unpaired) electrons. The summed E-state index contributed by atoms with van der Waals surface area (Å²) in [7, 11) is 1.55. The number of carbonyl (C=O) groups is 1. The lowest BCUT2D eigenvalue weighted by Crippen LogP contribution is -2.24. The van der Waals surface area contributed by atoms with Gasteiger partial charge in [0.05, 0.1) is 18.7 Å². The Morgan fingerprint density at radius 2 is 2.28 bits per heavy atom. The number of benzene rings is 1. The molecule has 2 atom stereocenters.